The molecule has 2 aromatic carbocycles. The molecule has 0 aliphatic carbocycles. The first-order valence-electron chi connectivity index (χ1n) is 10.0. The van der Waals surface area contributed by atoms with Crippen molar-refractivity contribution in [1.82, 2.24) is 9.21 Å². The van der Waals surface area contributed by atoms with E-state index in [4.69, 9.17) is 4.74 Å². The van der Waals surface area contributed by atoms with Crippen LogP contribution in [0.1, 0.15) is 27.0 Å². The van der Waals surface area contributed by atoms with Gasteiger partial charge in [0.1, 0.15) is 0 Å². The van der Waals surface area contributed by atoms with Crippen LogP contribution >= 0.6 is 0 Å². The maximum absolute atomic E-state index is 13.3. The van der Waals surface area contributed by atoms with Gasteiger partial charge >= 0.3 is 0 Å². The first kappa shape index (κ1) is 20.1. The Labute approximate surface area is 172 Å². The van der Waals surface area contributed by atoms with E-state index in [0.29, 0.717) is 45.0 Å². The van der Waals surface area contributed by atoms with Crippen LogP contribution in [0.25, 0.3) is 0 Å². The van der Waals surface area contributed by atoms with E-state index < -0.39 is 10.0 Å². The molecule has 0 atom stereocenters. The Morgan fingerprint density at radius 2 is 1.55 bits per heavy atom. The summed E-state index contributed by atoms with van der Waals surface area (Å²) in [7, 11) is -3.63. The third-order valence-electron chi connectivity index (χ3n) is 5.75. The van der Waals surface area contributed by atoms with Crippen LogP contribution in [0.5, 0.6) is 0 Å². The third kappa shape index (κ3) is 4.08. The molecule has 1 saturated heterocycles. The molecule has 0 bridgehead atoms. The zero-order valence-electron chi connectivity index (χ0n) is 16.6. The van der Waals surface area contributed by atoms with Crippen molar-refractivity contribution in [2.75, 3.05) is 39.4 Å². The number of rotatable bonds is 3. The van der Waals surface area contributed by atoms with Crippen LogP contribution in [-0.2, 0) is 27.6 Å². The monoisotopic (exact) mass is 414 g/mol. The number of hydrogen-bond donors (Lipinski definition) is 0. The first-order chi connectivity index (χ1) is 14.0. The van der Waals surface area contributed by atoms with E-state index in [1.54, 1.807) is 18.2 Å². The second kappa shape index (κ2) is 8.26. The highest BCUT2D eigenvalue weighted by Crippen LogP contribution is 2.23. The Morgan fingerprint density at radius 3 is 2.17 bits per heavy atom. The summed E-state index contributed by atoms with van der Waals surface area (Å²) >= 11 is 0. The predicted octanol–water partition coefficient (Wildman–Crippen LogP) is 2.26. The average Bonchev–Trinajstić information content (AvgIpc) is 2.97. The smallest absolute Gasteiger partial charge is 0.254 e. The van der Waals surface area contributed by atoms with Gasteiger partial charge in [-0.3, -0.25) is 4.79 Å². The number of nitrogens with zero attached hydrogens (tertiary/aromatic N) is 2. The fourth-order valence-corrected chi connectivity index (χ4v) is 5.40. The van der Waals surface area contributed by atoms with E-state index in [1.165, 1.54) is 15.4 Å². The maximum atomic E-state index is 13.3. The van der Waals surface area contributed by atoms with Gasteiger partial charge in [0.2, 0.25) is 10.0 Å². The fourth-order valence-electron chi connectivity index (χ4n) is 3.97. The van der Waals surface area contributed by atoms with Gasteiger partial charge in [0.15, 0.2) is 0 Å². The van der Waals surface area contributed by atoms with Crippen molar-refractivity contribution in [3.05, 3.63) is 64.7 Å². The summed E-state index contributed by atoms with van der Waals surface area (Å²) in [4.78, 5) is 15.3. The fraction of sp³-hybridized carbons (Fsp3) is 0.409. The molecular formula is C22H26N2O4S. The van der Waals surface area contributed by atoms with E-state index in [0.717, 1.165) is 18.4 Å². The van der Waals surface area contributed by atoms with Crippen molar-refractivity contribution in [3.63, 3.8) is 0 Å². The molecule has 6 nitrogen and oxygen atoms in total. The first-order valence-corrected chi connectivity index (χ1v) is 11.5. The predicted molar refractivity (Wildman–Crippen MR) is 111 cm³/mol. The molecule has 29 heavy (non-hydrogen) atoms. The molecular weight excluding hydrogens is 388 g/mol. The molecule has 0 N–H and O–H groups in total. The summed E-state index contributed by atoms with van der Waals surface area (Å²) in [6, 6.07) is 13.2. The minimum absolute atomic E-state index is 0.102. The number of morpholine rings is 1. The molecule has 0 radical (unpaired) electrons. The Kier molecular flexibility index (Phi) is 5.72. The highest BCUT2D eigenvalue weighted by Gasteiger charge is 2.28. The third-order valence-corrected chi connectivity index (χ3v) is 7.65. The van der Waals surface area contributed by atoms with Gasteiger partial charge < -0.3 is 9.64 Å². The number of benzene rings is 2. The molecule has 4 rings (SSSR count). The second-order valence-corrected chi connectivity index (χ2v) is 9.49. The average molecular weight is 415 g/mol. The van der Waals surface area contributed by atoms with Crippen molar-refractivity contribution in [2.24, 2.45) is 0 Å². The van der Waals surface area contributed by atoms with E-state index >= 15 is 0 Å². The standard InChI is InChI=1S/C22H26N2O4S/c1-17-6-7-20(29(26,27)24-12-14-28-15-13-24)16-21(17)22(25)23-10-8-18-4-2-3-5-19(18)9-11-23/h2-7,16H,8-15H2,1H3. The molecule has 2 aliphatic rings. The normalized spacial score (nSPS) is 18.2. The lowest BCUT2D eigenvalue weighted by atomic mass is 10.0. The number of carbonyl (C=O) groups is 1. The zero-order chi connectivity index (χ0) is 20.4. The quantitative estimate of drug-likeness (QED) is 0.773. The number of hydrogen-bond acceptors (Lipinski definition) is 4. The number of sulfonamides is 1. The lowest BCUT2D eigenvalue weighted by molar-refractivity contribution is 0.0729. The van der Waals surface area contributed by atoms with Crippen molar-refractivity contribution < 1.29 is 17.9 Å². The van der Waals surface area contributed by atoms with E-state index in [-0.39, 0.29) is 10.8 Å². The minimum atomic E-state index is -3.63. The molecule has 0 saturated carbocycles. The zero-order valence-corrected chi connectivity index (χ0v) is 17.5. The largest absolute Gasteiger partial charge is 0.379 e. The van der Waals surface area contributed by atoms with Crippen LogP contribution in [-0.4, -0.2) is 62.9 Å². The van der Waals surface area contributed by atoms with E-state index in [2.05, 4.69) is 12.1 Å². The maximum Gasteiger partial charge on any atom is 0.254 e. The van der Waals surface area contributed by atoms with Crippen LogP contribution < -0.4 is 0 Å². The van der Waals surface area contributed by atoms with Crippen molar-refractivity contribution in [2.45, 2.75) is 24.7 Å². The van der Waals surface area contributed by atoms with Gasteiger partial charge in [0.05, 0.1) is 18.1 Å². The Bertz CT molecular complexity index is 986. The summed E-state index contributed by atoms with van der Waals surface area (Å²) < 4.78 is 32.7. The minimum Gasteiger partial charge on any atom is -0.379 e. The molecule has 0 spiro atoms. The summed E-state index contributed by atoms with van der Waals surface area (Å²) in [6.07, 6.45) is 1.62. The van der Waals surface area contributed by atoms with Crippen LogP contribution in [0.3, 0.4) is 0 Å². The van der Waals surface area contributed by atoms with Crippen LogP contribution in [0.4, 0.5) is 0 Å². The topological polar surface area (TPSA) is 66.9 Å². The van der Waals surface area contributed by atoms with Gasteiger partial charge in [0, 0.05) is 31.7 Å². The Balaban J connectivity index is 1.58. The summed E-state index contributed by atoms with van der Waals surface area (Å²) in [5, 5.41) is 0. The second-order valence-electron chi connectivity index (χ2n) is 7.55. The summed E-state index contributed by atoms with van der Waals surface area (Å²) in [6.45, 7) is 4.58. The van der Waals surface area contributed by atoms with Gasteiger partial charge in [-0.2, -0.15) is 4.31 Å². The lowest BCUT2D eigenvalue weighted by Crippen LogP contribution is -2.40. The Hall–Kier alpha value is -2.22. The van der Waals surface area contributed by atoms with Gasteiger partial charge in [-0.25, -0.2) is 8.42 Å². The van der Waals surface area contributed by atoms with Crippen LogP contribution in [0, 0.1) is 6.92 Å². The van der Waals surface area contributed by atoms with Crippen molar-refractivity contribution in [1.29, 1.82) is 0 Å². The van der Waals surface area contributed by atoms with Crippen molar-refractivity contribution >= 4 is 15.9 Å². The number of fused-ring (bicyclic) bond motifs is 1. The molecule has 2 heterocycles. The van der Waals surface area contributed by atoms with Gasteiger partial charge in [-0.05, 0) is 48.6 Å². The summed E-state index contributed by atoms with van der Waals surface area (Å²) in [5.41, 5.74) is 3.81. The van der Waals surface area contributed by atoms with Gasteiger partial charge in [-0.15, -0.1) is 0 Å². The molecule has 0 aromatic heterocycles. The van der Waals surface area contributed by atoms with Crippen LogP contribution in [0.15, 0.2) is 47.4 Å². The molecule has 2 aliphatic heterocycles. The Morgan fingerprint density at radius 1 is 0.931 bits per heavy atom. The molecule has 0 unspecified atom stereocenters. The van der Waals surface area contributed by atoms with Crippen LogP contribution in [0.2, 0.25) is 0 Å². The number of carbonyl (C=O) groups excluding carboxylic acids is 1. The molecule has 1 amide bonds. The van der Waals surface area contributed by atoms with Gasteiger partial charge in [-0.1, -0.05) is 30.3 Å². The SMILES string of the molecule is Cc1ccc(S(=O)(=O)N2CCOCC2)cc1C(=O)N1CCc2ccccc2CC1. The summed E-state index contributed by atoms with van der Waals surface area (Å²) in [5.74, 6) is -0.102. The number of amides is 1. The molecule has 2 aromatic rings. The molecule has 154 valence electrons. The highest BCUT2D eigenvalue weighted by molar-refractivity contribution is 7.89. The van der Waals surface area contributed by atoms with Gasteiger partial charge in [0.25, 0.3) is 5.91 Å². The highest BCUT2D eigenvalue weighted by atomic mass is 32.2. The number of aryl methyl sites for hydroxylation is 1. The lowest BCUT2D eigenvalue weighted by Gasteiger charge is -2.26. The molecule has 1 fully saturated rings. The van der Waals surface area contributed by atoms with E-state index in [1.807, 2.05) is 24.0 Å². The van der Waals surface area contributed by atoms with Crippen molar-refractivity contribution in [3.8, 4) is 0 Å². The number of ether oxygens (including phenoxy) is 1. The van der Waals surface area contributed by atoms with E-state index in [9.17, 15) is 13.2 Å². The molecule has 7 heteroatoms.